The zero-order valence-electron chi connectivity index (χ0n) is 13.4. The van der Waals surface area contributed by atoms with E-state index < -0.39 is 0 Å². The molecule has 1 aromatic carbocycles. The fourth-order valence-corrected chi connectivity index (χ4v) is 3.09. The molecule has 0 spiro atoms. The van der Waals surface area contributed by atoms with Gasteiger partial charge in [0.15, 0.2) is 0 Å². The lowest BCUT2D eigenvalue weighted by Crippen LogP contribution is -2.36. The molecule has 0 amide bonds. The van der Waals surface area contributed by atoms with Crippen LogP contribution in [0.4, 0.5) is 0 Å². The van der Waals surface area contributed by atoms with Crippen molar-refractivity contribution < 1.29 is 0 Å². The second-order valence-electron chi connectivity index (χ2n) is 6.53. The third-order valence-electron chi connectivity index (χ3n) is 4.33. The lowest BCUT2D eigenvalue weighted by molar-refractivity contribution is 0.199. The highest BCUT2D eigenvalue weighted by atomic mass is 15.1. The molecule has 0 saturated carbocycles. The van der Waals surface area contributed by atoms with E-state index in [9.17, 15) is 0 Å². The van der Waals surface area contributed by atoms with E-state index >= 15 is 0 Å². The summed E-state index contributed by atoms with van der Waals surface area (Å²) in [6.45, 7) is 12.7. The maximum absolute atomic E-state index is 3.63. The maximum atomic E-state index is 3.63. The van der Waals surface area contributed by atoms with Crippen LogP contribution >= 0.6 is 0 Å². The van der Waals surface area contributed by atoms with Crippen LogP contribution in [0.5, 0.6) is 0 Å². The van der Waals surface area contributed by atoms with Gasteiger partial charge in [0.1, 0.15) is 0 Å². The molecule has 2 heteroatoms. The minimum Gasteiger partial charge on any atom is -0.312 e. The zero-order chi connectivity index (χ0) is 14.4. The highest BCUT2D eigenvalue weighted by Gasteiger charge is 2.13. The highest BCUT2D eigenvalue weighted by Crippen LogP contribution is 2.12. The number of piperidine rings is 1. The number of rotatable bonds is 6. The minimum absolute atomic E-state index is 0.734. The van der Waals surface area contributed by atoms with Gasteiger partial charge in [-0.15, -0.1) is 0 Å². The number of aryl methyl sites for hydroxylation is 2. The normalized spacial score (nSPS) is 18.1. The molecule has 2 rings (SSSR count). The molecule has 0 aromatic heterocycles. The van der Waals surface area contributed by atoms with Crippen molar-refractivity contribution in [1.29, 1.82) is 0 Å². The van der Waals surface area contributed by atoms with E-state index in [1.807, 2.05) is 0 Å². The van der Waals surface area contributed by atoms with Gasteiger partial charge in [0.2, 0.25) is 0 Å². The number of hydrogen-bond acceptors (Lipinski definition) is 2. The zero-order valence-corrected chi connectivity index (χ0v) is 13.4. The Morgan fingerprint density at radius 2 is 1.90 bits per heavy atom. The van der Waals surface area contributed by atoms with Gasteiger partial charge in [0.05, 0.1) is 0 Å². The number of benzene rings is 1. The molecule has 0 aliphatic carbocycles. The van der Waals surface area contributed by atoms with Gasteiger partial charge in [-0.25, -0.2) is 0 Å². The third-order valence-corrected chi connectivity index (χ3v) is 4.33. The van der Waals surface area contributed by atoms with Crippen LogP contribution in [0, 0.1) is 19.8 Å². The lowest BCUT2D eigenvalue weighted by atomic mass is 10.0. The summed E-state index contributed by atoms with van der Waals surface area (Å²) in [5.74, 6) is 0.734. The summed E-state index contributed by atoms with van der Waals surface area (Å²) in [6, 6.07) is 6.72. The van der Waals surface area contributed by atoms with Gasteiger partial charge >= 0.3 is 0 Å². The summed E-state index contributed by atoms with van der Waals surface area (Å²) < 4.78 is 0. The quantitative estimate of drug-likeness (QED) is 0.854. The van der Waals surface area contributed by atoms with Crippen molar-refractivity contribution in [2.75, 3.05) is 26.2 Å². The molecular formula is C18H30N2. The van der Waals surface area contributed by atoms with Crippen LogP contribution in [0.1, 0.15) is 42.9 Å². The summed E-state index contributed by atoms with van der Waals surface area (Å²) in [5, 5.41) is 3.63. The summed E-state index contributed by atoms with van der Waals surface area (Å²) in [4.78, 5) is 2.63. The Labute approximate surface area is 124 Å². The summed E-state index contributed by atoms with van der Waals surface area (Å²) in [7, 11) is 0. The van der Waals surface area contributed by atoms with E-state index in [-0.39, 0.29) is 0 Å². The van der Waals surface area contributed by atoms with Gasteiger partial charge in [-0.3, -0.25) is 0 Å². The van der Waals surface area contributed by atoms with Crippen molar-refractivity contribution in [3.05, 3.63) is 34.9 Å². The molecule has 0 radical (unpaired) electrons. The monoisotopic (exact) mass is 274 g/mol. The number of likely N-dealkylation sites (tertiary alicyclic amines) is 1. The number of hydrogen-bond donors (Lipinski definition) is 1. The lowest BCUT2D eigenvalue weighted by Gasteiger charge is -2.29. The highest BCUT2D eigenvalue weighted by molar-refractivity contribution is 5.30. The first-order chi connectivity index (χ1) is 9.65. The van der Waals surface area contributed by atoms with Crippen LogP contribution in [0.3, 0.4) is 0 Å². The van der Waals surface area contributed by atoms with Crippen LogP contribution in [0.2, 0.25) is 0 Å². The maximum Gasteiger partial charge on any atom is 0.0208 e. The average Bonchev–Trinajstić information content (AvgIpc) is 2.44. The second kappa shape index (κ2) is 7.80. The minimum atomic E-state index is 0.734. The topological polar surface area (TPSA) is 15.3 Å². The van der Waals surface area contributed by atoms with Gasteiger partial charge in [-0.1, -0.05) is 37.1 Å². The van der Waals surface area contributed by atoms with E-state index in [1.54, 1.807) is 0 Å². The van der Waals surface area contributed by atoms with Crippen molar-refractivity contribution in [2.24, 2.45) is 5.92 Å². The Balaban J connectivity index is 1.70. The Morgan fingerprint density at radius 3 is 2.65 bits per heavy atom. The molecule has 1 N–H and O–H groups in total. The second-order valence-corrected chi connectivity index (χ2v) is 6.53. The predicted octanol–water partition coefficient (Wildman–Crippen LogP) is 3.52. The van der Waals surface area contributed by atoms with E-state index in [1.165, 1.54) is 55.6 Å². The predicted molar refractivity (Wildman–Crippen MR) is 87.1 cm³/mol. The molecule has 1 saturated heterocycles. The summed E-state index contributed by atoms with van der Waals surface area (Å²) >= 11 is 0. The Morgan fingerprint density at radius 1 is 1.15 bits per heavy atom. The summed E-state index contributed by atoms with van der Waals surface area (Å²) in [5.41, 5.74) is 4.19. The summed E-state index contributed by atoms with van der Waals surface area (Å²) in [6.07, 6.45) is 4.21. The Hall–Kier alpha value is -0.860. The van der Waals surface area contributed by atoms with Crippen LogP contribution in [-0.4, -0.2) is 31.1 Å². The molecule has 1 fully saturated rings. The number of nitrogens with zero attached hydrogens (tertiary/aromatic N) is 1. The van der Waals surface area contributed by atoms with E-state index in [0.29, 0.717) is 0 Å². The van der Waals surface area contributed by atoms with Crippen molar-refractivity contribution in [3.8, 4) is 0 Å². The molecule has 1 aliphatic rings. The Bertz CT molecular complexity index is 408. The fourth-order valence-electron chi connectivity index (χ4n) is 3.09. The largest absolute Gasteiger partial charge is 0.312 e. The van der Waals surface area contributed by atoms with Crippen LogP contribution < -0.4 is 5.32 Å². The molecular weight excluding hydrogens is 244 g/mol. The SMILES string of the molecule is Cc1ccc(C)c(CNCC(C)CN2CCCCC2)c1. The molecule has 0 bridgehead atoms. The first kappa shape index (κ1) is 15.5. The molecule has 1 aromatic rings. The Kier molecular flexibility index (Phi) is 6.06. The van der Waals surface area contributed by atoms with E-state index in [2.05, 4.69) is 49.2 Å². The molecule has 1 unspecified atom stereocenters. The van der Waals surface area contributed by atoms with Gasteiger partial charge in [0.25, 0.3) is 0 Å². The van der Waals surface area contributed by atoms with Gasteiger partial charge in [-0.05, 0) is 63.4 Å². The first-order valence-corrected chi connectivity index (χ1v) is 8.14. The van der Waals surface area contributed by atoms with Crippen molar-refractivity contribution in [1.82, 2.24) is 10.2 Å². The molecule has 112 valence electrons. The fraction of sp³-hybridized carbons (Fsp3) is 0.667. The van der Waals surface area contributed by atoms with Crippen LogP contribution in [0.15, 0.2) is 18.2 Å². The van der Waals surface area contributed by atoms with E-state index in [4.69, 9.17) is 0 Å². The molecule has 20 heavy (non-hydrogen) atoms. The smallest absolute Gasteiger partial charge is 0.0208 e. The van der Waals surface area contributed by atoms with E-state index in [0.717, 1.165) is 19.0 Å². The van der Waals surface area contributed by atoms with Crippen molar-refractivity contribution >= 4 is 0 Å². The van der Waals surface area contributed by atoms with Gasteiger partial charge in [-0.2, -0.15) is 0 Å². The van der Waals surface area contributed by atoms with Crippen LogP contribution in [-0.2, 0) is 6.54 Å². The molecule has 1 atom stereocenters. The van der Waals surface area contributed by atoms with Gasteiger partial charge < -0.3 is 10.2 Å². The molecule has 2 nitrogen and oxygen atoms in total. The third kappa shape index (κ3) is 4.92. The van der Waals surface area contributed by atoms with Crippen LogP contribution in [0.25, 0.3) is 0 Å². The standard InChI is InChI=1S/C18H30N2/c1-15-7-8-17(3)18(11-15)13-19-12-16(2)14-20-9-5-4-6-10-20/h7-8,11,16,19H,4-6,9-10,12-14H2,1-3H3. The van der Waals surface area contributed by atoms with Crippen molar-refractivity contribution in [3.63, 3.8) is 0 Å². The number of nitrogens with one attached hydrogen (secondary N) is 1. The molecule has 1 aliphatic heterocycles. The van der Waals surface area contributed by atoms with Gasteiger partial charge in [0, 0.05) is 13.1 Å². The van der Waals surface area contributed by atoms with Crippen molar-refractivity contribution in [2.45, 2.75) is 46.6 Å². The molecule has 1 heterocycles. The average molecular weight is 274 g/mol. The first-order valence-electron chi connectivity index (χ1n) is 8.14.